The number of alkyl carbamates (subject to hydrolysis) is 1. The van der Waals surface area contributed by atoms with Crippen LogP contribution in [0.3, 0.4) is 0 Å². The molecule has 1 heterocycles. The van der Waals surface area contributed by atoms with Crippen molar-refractivity contribution < 1.29 is 19.1 Å². The number of carbonyl (C=O) groups is 2. The van der Waals surface area contributed by atoms with Gasteiger partial charge in [-0.05, 0) is 20.8 Å². The van der Waals surface area contributed by atoms with Crippen molar-refractivity contribution in [2.75, 3.05) is 13.2 Å². The third kappa shape index (κ3) is 2.70. The summed E-state index contributed by atoms with van der Waals surface area (Å²) in [5.41, 5.74) is -1.43. The predicted molar refractivity (Wildman–Crippen MR) is 49.0 cm³/mol. The fraction of sp³-hybridized carbons (Fsp3) is 0.778. The predicted octanol–water partition coefficient (Wildman–Crippen LogP) is 0.479. The topological polar surface area (TPSA) is 64.6 Å². The summed E-state index contributed by atoms with van der Waals surface area (Å²) in [5.74, 6) is 0. The molecule has 1 fully saturated rings. The van der Waals surface area contributed by atoms with Gasteiger partial charge in [0, 0.05) is 0 Å². The van der Waals surface area contributed by atoms with E-state index in [9.17, 15) is 9.59 Å². The Balaban J connectivity index is 2.44. The molecule has 0 aromatic carbocycles. The van der Waals surface area contributed by atoms with E-state index in [1.165, 1.54) is 0 Å². The van der Waals surface area contributed by atoms with Crippen LogP contribution in [0.25, 0.3) is 0 Å². The van der Waals surface area contributed by atoms with E-state index in [0.717, 1.165) is 0 Å². The Kier molecular flexibility index (Phi) is 2.80. The fourth-order valence-corrected chi connectivity index (χ4v) is 0.999. The second-order valence-corrected chi connectivity index (χ2v) is 4.39. The number of aldehydes is 1. The third-order valence-electron chi connectivity index (χ3n) is 1.69. The van der Waals surface area contributed by atoms with Crippen molar-refractivity contribution in [2.45, 2.75) is 31.9 Å². The van der Waals surface area contributed by atoms with Crippen molar-refractivity contribution >= 4 is 12.4 Å². The fourth-order valence-electron chi connectivity index (χ4n) is 0.999. The number of hydrogen-bond donors (Lipinski definition) is 1. The molecular formula is C9H15NO4. The average molecular weight is 201 g/mol. The highest BCUT2D eigenvalue weighted by Gasteiger charge is 2.41. The monoisotopic (exact) mass is 201 g/mol. The van der Waals surface area contributed by atoms with Gasteiger partial charge in [-0.25, -0.2) is 4.79 Å². The van der Waals surface area contributed by atoms with Crippen molar-refractivity contribution in [3.05, 3.63) is 0 Å². The van der Waals surface area contributed by atoms with Gasteiger partial charge in [-0.1, -0.05) is 0 Å². The van der Waals surface area contributed by atoms with E-state index in [2.05, 4.69) is 5.32 Å². The maximum absolute atomic E-state index is 11.3. The summed E-state index contributed by atoms with van der Waals surface area (Å²) in [6.45, 7) is 5.72. The SMILES string of the molecule is CC(C)(C)OC(=O)NC1(C=O)COC1. The van der Waals surface area contributed by atoms with Gasteiger partial charge in [-0.2, -0.15) is 0 Å². The quantitative estimate of drug-likeness (QED) is 0.660. The Morgan fingerprint density at radius 1 is 1.50 bits per heavy atom. The highest BCUT2D eigenvalue weighted by Crippen LogP contribution is 2.15. The van der Waals surface area contributed by atoms with Crippen LogP contribution < -0.4 is 5.32 Å². The van der Waals surface area contributed by atoms with E-state index >= 15 is 0 Å². The highest BCUT2D eigenvalue weighted by atomic mass is 16.6. The van der Waals surface area contributed by atoms with Gasteiger partial charge in [0.1, 0.15) is 17.4 Å². The maximum atomic E-state index is 11.3. The lowest BCUT2D eigenvalue weighted by Gasteiger charge is -2.37. The van der Waals surface area contributed by atoms with Crippen molar-refractivity contribution in [3.63, 3.8) is 0 Å². The summed E-state index contributed by atoms with van der Waals surface area (Å²) in [7, 11) is 0. The van der Waals surface area contributed by atoms with E-state index in [1.54, 1.807) is 20.8 Å². The van der Waals surface area contributed by atoms with Crippen LogP contribution >= 0.6 is 0 Å². The number of hydrogen-bond acceptors (Lipinski definition) is 4. The summed E-state index contributed by atoms with van der Waals surface area (Å²) in [6, 6.07) is 0. The lowest BCUT2D eigenvalue weighted by Crippen LogP contribution is -2.63. The highest BCUT2D eigenvalue weighted by molar-refractivity contribution is 5.77. The van der Waals surface area contributed by atoms with Gasteiger partial charge in [0.05, 0.1) is 13.2 Å². The maximum Gasteiger partial charge on any atom is 0.408 e. The second-order valence-electron chi connectivity index (χ2n) is 4.39. The smallest absolute Gasteiger partial charge is 0.408 e. The summed E-state index contributed by atoms with van der Waals surface area (Å²) in [6.07, 6.45) is 0.0911. The van der Waals surface area contributed by atoms with E-state index < -0.39 is 17.2 Å². The Bertz CT molecular complexity index is 240. The number of nitrogens with one attached hydrogen (secondary N) is 1. The number of rotatable bonds is 2. The molecule has 1 aliphatic rings. The van der Waals surface area contributed by atoms with Crippen LogP contribution in [0.2, 0.25) is 0 Å². The molecule has 1 amide bonds. The van der Waals surface area contributed by atoms with Crippen LogP contribution in [0.1, 0.15) is 20.8 Å². The molecule has 0 aromatic heterocycles. The molecule has 0 unspecified atom stereocenters. The van der Waals surface area contributed by atoms with E-state index in [-0.39, 0.29) is 13.2 Å². The Labute approximate surface area is 82.8 Å². The van der Waals surface area contributed by atoms with Crippen LogP contribution in [-0.2, 0) is 14.3 Å². The Morgan fingerprint density at radius 2 is 2.07 bits per heavy atom. The second kappa shape index (κ2) is 3.57. The lowest BCUT2D eigenvalue weighted by atomic mass is 10.0. The van der Waals surface area contributed by atoms with Crippen molar-refractivity contribution in [3.8, 4) is 0 Å². The number of ether oxygens (including phenoxy) is 2. The van der Waals surface area contributed by atoms with E-state index in [0.29, 0.717) is 6.29 Å². The Hall–Kier alpha value is -1.10. The molecule has 5 heteroatoms. The van der Waals surface area contributed by atoms with Crippen LogP contribution in [0.5, 0.6) is 0 Å². The third-order valence-corrected chi connectivity index (χ3v) is 1.69. The largest absolute Gasteiger partial charge is 0.444 e. The summed E-state index contributed by atoms with van der Waals surface area (Å²) >= 11 is 0. The summed E-state index contributed by atoms with van der Waals surface area (Å²) in [5, 5.41) is 2.48. The lowest BCUT2D eigenvalue weighted by molar-refractivity contribution is -0.132. The van der Waals surface area contributed by atoms with Crippen LogP contribution in [0, 0.1) is 0 Å². The first kappa shape index (κ1) is 11.0. The van der Waals surface area contributed by atoms with Gasteiger partial charge in [0.15, 0.2) is 0 Å². The molecule has 0 aromatic rings. The molecule has 0 aliphatic carbocycles. The first-order valence-electron chi connectivity index (χ1n) is 4.42. The standard InChI is InChI=1S/C9H15NO4/c1-8(2,3)14-7(12)10-9(4-11)5-13-6-9/h4H,5-6H2,1-3H3,(H,10,12). The van der Waals surface area contributed by atoms with Gasteiger partial charge in [0.2, 0.25) is 0 Å². The summed E-state index contributed by atoms with van der Waals surface area (Å²) < 4.78 is 9.87. The zero-order valence-electron chi connectivity index (χ0n) is 8.62. The van der Waals surface area contributed by atoms with E-state index in [1.807, 2.05) is 0 Å². The zero-order valence-corrected chi connectivity index (χ0v) is 8.62. The first-order chi connectivity index (χ1) is 6.37. The molecule has 0 atom stereocenters. The van der Waals surface area contributed by atoms with Gasteiger partial charge in [0.25, 0.3) is 0 Å². The molecule has 14 heavy (non-hydrogen) atoms. The summed E-state index contributed by atoms with van der Waals surface area (Å²) in [4.78, 5) is 21.9. The first-order valence-corrected chi connectivity index (χ1v) is 4.42. The van der Waals surface area contributed by atoms with Gasteiger partial charge < -0.3 is 19.6 Å². The van der Waals surface area contributed by atoms with Crippen molar-refractivity contribution in [1.82, 2.24) is 5.32 Å². The van der Waals surface area contributed by atoms with Crippen LogP contribution in [0.15, 0.2) is 0 Å². The molecule has 5 nitrogen and oxygen atoms in total. The molecule has 0 saturated carbocycles. The molecule has 1 N–H and O–H groups in total. The van der Waals surface area contributed by atoms with Crippen LogP contribution in [-0.4, -0.2) is 36.7 Å². The van der Waals surface area contributed by atoms with Gasteiger partial charge >= 0.3 is 6.09 Å². The molecule has 0 radical (unpaired) electrons. The molecule has 1 aliphatic heterocycles. The number of carbonyl (C=O) groups excluding carboxylic acids is 2. The van der Waals surface area contributed by atoms with Gasteiger partial charge in [-0.3, -0.25) is 0 Å². The molecule has 1 rings (SSSR count). The van der Waals surface area contributed by atoms with Crippen molar-refractivity contribution in [2.24, 2.45) is 0 Å². The minimum absolute atomic E-state index is 0.218. The molecule has 80 valence electrons. The minimum Gasteiger partial charge on any atom is -0.444 e. The molecule has 1 saturated heterocycles. The van der Waals surface area contributed by atoms with E-state index in [4.69, 9.17) is 9.47 Å². The zero-order chi connectivity index (χ0) is 10.8. The normalized spacial score (nSPS) is 19.4. The average Bonchev–Trinajstić information content (AvgIpc) is 1.93. The molecule has 0 bridgehead atoms. The minimum atomic E-state index is -0.873. The number of amides is 1. The van der Waals surface area contributed by atoms with Crippen LogP contribution in [0.4, 0.5) is 4.79 Å². The van der Waals surface area contributed by atoms with Crippen molar-refractivity contribution in [1.29, 1.82) is 0 Å². The molecular weight excluding hydrogens is 186 g/mol. The van der Waals surface area contributed by atoms with Gasteiger partial charge in [-0.15, -0.1) is 0 Å². The molecule has 0 spiro atoms. The Morgan fingerprint density at radius 3 is 2.36 bits per heavy atom.